The van der Waals surface area contributed by atoms with Gasteiger partial charge >= 0.3 is 0 Å². The average Bonchev–Trinajstić information content (AvgIpc) is 2.82. The van der Waals surface area contributed by atoms with Crippen LogP contribution in [0.5, 0.6) is 0 Å². The molecule has 0 fully saturated rings. The van der Waals surface area contributed by atoms with Gasteiger partial charge in [-0.2, -0.15) is 5.26 Å². The van der Waals surface area contributed by atoms with E-state index in [1.165, 1.54) is 0 Å². The molecule has 0 radical (unpaired) electrons. The third-order valence-corrected chi connectivity index (χ3v) is 5.06. The van der Waals surface area contributed by atoms with E-state index in [0.29, 0.717) is 12.4 Å². The molecule has 0 spiro atoms. The predicted molar refractivity (Wildman–Crippen MR) is 88.4 cm³/mol. The van der Waals surface area contributed by atoms with Crippen LogP contribution in [0.15, 0.2) is 24.3 Å². The van der Waals surface area contributed by atoms with Crippen molar-refractivity contribution in [3.63, 3.8) is 0 Å². The largest absolute Gasteiger partial charge is 0.361 e. The molecule has 2 rings (SSSR count). The van der Waals surface area contributed by atoms with Crippen molar-refractivity contribution in [1.29, 1.82) is 5.26 Å². The number of para-hydroxylation sites is 2. The van der Waals surface area contributed by atoms with E-state index >= 15 is 0 Å². The molecular formula is C16H21N3O2Si. The van der Waals surface area contributed by atoms with Crippen molar-refractivity contribution in [1.82, 2.24) is 9.55 Å². The van der Waals surface area contributed by atoms with Gasteiger partial charge in [0.25, 0.3) is 0 Å². The lowest BCUT2D eigenvalue weighted by atomic mass is 10.3. The summed E-state index contributed by atoms with van der Waals surface area (Å²) in [5, 5.41) is 8.73. The lowest BCUT2D eigenvalue weighted by Gasteiger charge is -2.16. The maximum atomic E-state index is 12.1. The third-order valence-electron chi connectivity index (χ3n) is 3.36. The number of ether oxygens (including phenoxy) is 1. The van der Waals surface area contributed by atoms with Gasteiger partial charge in [-0.1, -0.05) is 31.8 Å². The fraction of sp³-hybridized carbons (Fsp3) is 0.438. The number of nitriles is 1. The van der Waals surface area contributed by atoms with Gasteiger partial charge in [0.05, 0.1) is 17.1 Å². The fourth-order valence-corrected chi connectivity index (χ4v) is 2.86. The minimum atomic E-state index is -1.14. The molecule has 1 aromatic heterocycles. The first-order chi connectivity index (χ1) is 10.4. The number of nitrogens with zero attached hydrogens (tertiary/aromatic N) is 3. The van der Waals surface area contributed by atoms with Crippen LogP contribution in [0.25, 0.3) is 11.0 Å². The molecule has 116 valence electrons. The number of rotatable bonds is 7. The summed E-state index contributed by atoms with van der Waals surface area (Å²) in [7, 11) is -1.14. The molecule has 2 aromatic rings. The molecule has 0 atom stereocenters. The highest BCUT2D eigenvalue weighted by molar-refractivity contribution is 6.76. The molecule has 0 N–H and O–H groups in total. The van der Waals surface area contributed by atoms with Gasteiger partial charge < -0.3 is 4.74 Å². The van der Waals surface area contributed by atoms with E-state index in [2.05, 4.69) is 24.6 Å². The molecule has 0 amide bonds. The van der Waals surface area contributed by atoms with Crippen molar-refractivity contribution in [2.45, 2.75) is 38.8 Å². The average molecular weight is 315 g/mol. The van der Waals surface area contributed by atoms with Crippen molar-refractivity contribution < 1.29 is 9.53 Å². The van der Waals surface area contributed by atoms with Gasteiger partial charge in [-0.3, -0.25) is 9.36 Å². The standard InChI is InChI=1S/C16H21N3O2Si/c1-22(2,3)11-10-21-12-19-14-7-5-4-6-13(14)18-16(19)15(20)8-9-17/h4-7H,8,10-12H2,1-3H3. The Kier molecular flexibility index (Phi) is 5.11. The summed E-state index contributed by atoms with van der Waals surface area (Å²) in [6.07, 6.45) is -0.168. The number of imidazole rings is 1. The molecule has 0 aliphatic rings. The molecule has 0 aliphatic carbocycles. The van der Waals surface area contributed by atoms with E-state index < -0.39 is 8.07 Å². The summed E-state index contributed by atoms with van der Waals surface area (Å²) in [6, 6.07) is 10.5. The minimum absolute atomic E-state index is 0.168. The van der Waals surface area contributed by atoms with Crippen LogP contribution >= 0.6 is 0 Å². The number of Topliss-reactive ketones (excluding diaryl/α,β-unsaturated/α-hetero) is 1. The van der Waals surface area contributed by atoms with Gasteiger partial charge in [-0.15, -0.1) is 0 Å². The monoisotopic (exact) mass is 315 g/mol. The summed E-state index contributed by atoms with van der Waals surface area (Å²) in [5.41, 5.74) is 1.61. The maximum absolute atomic E-state index is 12.1. The molecule has 5 nitrogen and oxygen atoms in total. The molecule has 0 saturated heterocycles. The fourth-order valence-electron chi connectivity index (χ4n) is 2.10. The molecule has 0 bridgehead atoms. The molecule has 0 aliphatic heterocycles. The zero-order valence-corrected chi connectivity index (χ0v) is 14.3. The Morgan fingerprint density at radius 3 is 2.77 bits per heavy atom. The van der Waals surface area contributed by atoms with Gasteiger partial charge in [0.2, 0.25) is 5.78 Å². The summed E-state index contributed by atoms with van der Waals surface area (Å²) in [4.78, 5) is 16.4. The summed E-state index contributed by atoms with van der Waals surface area (Å²) in [5.74, 6) is 0.0308. The Balaban J connectivity index is 2.20. The maximum Gasteiger partial charge on any atom is 0.212 e. The van der Waals surface area contributed by atoms with E-state index in [-0.39, 0.29) is 18.9 Å². The van der Waals surface area contributed by atoms with Crippen LogP contribution < -0.4 is 0 Å². The summed E-state index contributed by atoms with van der Waals surface area (Å²) in [6.45, 7) is 7.85. The van der Waals surface area contributed by atoms with Crippen molar-refractivity contribution in [3.8, 4) is 6.07 Å². The van der Waals surface area contributed by atoms with Crippen LogP contribution in [0.2, 0.25) is 25.7 Å². The molecular weight excluding hydrogens is 294 g/mol. The van der Waals surface area contributed by atoms with Crippen molar-refractivity contribution in [2.75, 3.05) is 6.61 Å². The smallest absolute Gasteiger partial charge is 0.212 e. The first-order valence-corrected chi connectivity index (χ1v) is 11.1. The number of hydrogen-bond acceptors (Lipinski definition) is 4. The van der Waals surface area contributed by atoms with Crippen molar-refractivity contribution >= 4 is 24.9 Å². The molecule has 0 saturated carbocycles. The number of carbonyl (C=O) groups is 1. The quantitative estimate of drug-likeness (QED) is 0.446. The number of carbonyl (C=O) groups excluding carboxylic acids is 1. The topological polar surface area (TPSA) is 67.9 Å². The van der Waals surface area contributed by atoms with Crippen molar-refractivity contribution in [3.05, 3.63) is 30.1 Å². The van der Waals surface area contributed by atoms with Crippen LogP contribution in [-0.4, -0.2) is 30.0 Å². The third kappa shape index (κ3) is 4.03. The zero-order valence-electron chi connectivity index (χ0n) is 13.3. The predicted octanol–water partition coefficient (Wildman–Crippen LogP) is 3.44. The Labute approximate surface area is 131 Å². The van der Waals surface area contributed by atoms with Crippen molar-refractivity contribution in [2.24, 2.45) is 0 Å². The second kappa shape index (κ2) is 6.86. The lowest BCUT2D eigenvalue weighted by Crippen LogP contribution is -2.22. The molecule has 1 heterocycles. The van der Waals surface area contributed by atoms with Crippen LogP contribution in [0, 0.1) is 11.3 Å². The molecule has 6 heteroatoms. The first-order valence-electron chi connectivity index (χ1n) is 7.35. The van der Waals surface area contributed by atoms with Crippen LogP contribution in [-0.2, 0) is 11.5 Å². The highest BCUT2D eigenvalue weighted by Gasteiger charge is 2.18. The van der Waals surface area contributed by atoms with Gasteiger partial charge in [-0.05, 0) is 18.2 Å². The van der Waals surface area contributed by atoms with Crippen LogP contribution in [0.3, 0.4) is 0 Å². The van der Waals surface area contributed by atoms with E-state index in [0.717, 1.165) is 17.1 Å². The Morgan fingerprint density at radius 2 is 2.09 bits per heavy atom. The minimum Gasteiger partial charge on any atom is -0.361 e. The molecule has 1 aromatic carbocycles. The summed E-state index contributed by atoms with van der Waals surface area (Å²) >= 11 is 0. The second-order valence-corrected chi connectivity index (χ2v) is 12.1. The number of aromatic nitrogens is 2. The highest BCUT2D eigenvalue weighted by atomic mass is 28.3. The summed E-state index contributed by atoms with van der Waals surface area (Å²) < 4.78 is 7.52. The highest BCUT2D eigenvalue weighted by Crippen LogP contribution is 2.17. The molecule has 0 unspecified atom stereocenters. The van der Waals surface area contributed by atoms with E-state index in [1.807, 2.05) is 30.3 Å². The van der Waals surface area contributed by atoms with Gasteiger partial charge in [0, 0.05) is 14.7 Å². The number of hydrogen-bond donors (Lipinski definition) is 0. The number of fused-ring (bicyclic) bond motifs is 1. The Morgan fingerprint density at radius 1 is 1.36 bits per heavy atom. The van der Waals surface area contributed by atoms with Crippen LogP contribution in [0.1, 0.15) is 17.0 Å². The van der Waals surface area contributed by atoms with Crippen LogP contribution in [0.4, 0.5) is 0 Å². The zero-order chi connectivity index (χ0) is 16.2. The Hall–Kier alpha value is -1.97. The second-order valence-electron chi connectivity index (χ2n) is 6.46. The molecule has 22 heavy (non-hydrogen) atoms. The van der Waals surface area contributed by atoms with Gasteiger partial charge in [-0.25, -0.2) is 4.98 Å². The van der Waals surface area contributed by atoms with Gasteiger partial charge in [0.15, 0.2) is 5.82 Å². The normalized spacial score (nSPS) is 11.5. The van der Waals surface area contributed by atoms with E-state index in [9.17, 15) is 4.79 Å². The number of ketones is 1. The van der Waals surface area contributed by atoms with Gasteiger partial charge in [0.1, 0.15) is 13.2 Å². The van der Waals surface area contributed by atoms with E-state index in [1.54, 1.807) is 4.57 Å². The Bertz CT molecular complexity index is 710. The number of benzene rings is 1. The lowest BCUT2D eigenvalue weighted by molar-refractivity contribution is 0.0821. The SMILES string of the molecule is C[Si](C)(C)CCOCn1c(C(=O)CC#N)nc2ccccc21. The van der Waals surface area contributed by atoms with E-state index in [4.69, 9.17) is 10.00 Å². The first kappa shape index (κ1) is 16.4.